The monoisotopic (exact) mass is 362 g/mol. The van der Waals surface area contributed by atoms with E-state index in [-0.39, 0.29) is 30.6 Å². The molecule has 0 radical (unpaired) electrons. The van der Waals surface area contributed by atoms with E-state index in [1.165, 1.54) is 0 Å². The van der Waals surface area contributed by atoms with Gasteiger partial charge in [0, 0.05) is 20.7 Å². The van der Waals surface area contributed by atoms with Crippen LogP contribution in [0.1, 0.15) is 11.1 Å². The summed E-state index contributed by atoms with van der Waals surface area (Å²) < 4.78 is 32.0. The summed E-state index contributed by atoms with van der Waals surface area (Å²) in [6.45, 7) is 0.617. The quantitative estimate of drug-likeness (QED) is 0.782. The number of likely N-dealkylation sites (N-methyl/N-ethyl adjacent to an activating group) is 1. The lowest BCUT2D eigenvalue weighted by atomic mass is 10.1. The zero-order valence-corrected chi connectivity index (χ0v) is 15.0. The topological polar surface area (TPSA) is 41.6 Å². The third-order valence-corrected chi connectivity index (χ3v) is 4.22. The van der Waals surface area contributed by atoms with Crippen LogP contribution >= 0.6 is 0 Å². The van der Waals surface area contributed by atoms with Crippen LogP contribution in [0.3, 0.4) is 0 Å². The highest BCUT2D eigenvalue weighted by atomic mass is 19.1. The number of amides is 2. The van der Waals surface area contributed by atoms with Crippen LogP contribution < -0.4 is 5.32 Å². The first kappa shape index (κ1) is 19.8. The van der Waals surface area contributed by atoms with Gasteiger partial charge < -0.3 is 15.0 Å². The maximum absolute atomic E-state index is 13.6. The minimum atomic E-state index is -0.493. The number of halogens is 2. The first-order valence-electron chi connectivity index (χ1n) is 8.48. The molecule has 0 saturated heterocycles. The maximum Gasteiger partial charge on any atom is 0.317 e. The molecule has 26 heavy (non-hydrogen) atoms. The molecule has 6 heteroatoms. The van der Waals surface area contributed by atoms with Crippen LogP contribution in [0.15, 0.2) is 48.5 Å². The third kappa shape index (κ3) is 5.81. The summed E-state index contributed by atoms with van der Waals surface area (Å²) >= 11 is 0. The van der Waals surface area contributed by atoms with Crippen LogP contribution in [-0.2, 0) is 17.6 Å². The lowest BCUT2D eigenvalue weighted by molar-refractivity contribution is 0.115. The molecule has 0 fully saturated rings. The zero-order chi connectivity index (χ0) is 18.9. The fourth-order valence-electron chi connectivity index (χ4n) is 2.72. The fourth-order valence-corrected chi connectivity index (χ4v) is 2.72. The SMILES string of the molecule is COC[C@@H](Cc1ccccc1)N(C)C(=O)NCCc1cc(F)ccc1F. The third-order valence-electron chi connectivity index (χ3n) is 4.22. The Kier molecular flexibility index (Phi) is 7.53. The first-order valence-corrected chi connectivity index (χ1v) is 8.48. The molecular formula is C20H24F2N2O2. The molecule has 2 aromatic carbocycles. The fraction of sp³-hybridized carbons (Fsp3) is 0.350. The molecule has 0 spiro atoms. The summed E-state index contributed by atoms with van der Waals surface area (Å²) in [7, 11) is 3.29. The standard InChI is InChI=1S/C20H24F2N2O2/c1-24(18(14-26-2)12-15-6-4-3-5-7-15)20(25)23-11-10-16-13-17(21)8-9-19(16)22/h3-9,13,18H,10-12,14H2,1-2H3,(H,23,25)/t18-/m1/s1. The lowest BCUT2D eigenvalue weighted by Crippen LogP contribution is -2.47. The molecular weight excluding hydrogens is 338 g/mol. The maximum atomic E-state index is 13.6. The van der Waals surface area contributed by atoms with Crippen LogP contribution in [0.5, 0.6) is 0 Å². The molecule has 2 rings (SSSR count). The van der Waals surface area contributed by atoms with Crippen LogP contribution in [0.25, 0.3) is 0 Å². The lowest BCUT2D eigenvalue weighted by Gasteiger charge is -2.28. The predicted octanol–water partition coefficient (Wildman–Crippen LogP) is 3.41. The molecule has 0 aliphatic heterocycles. The van der Waals surface area contributed by atoms with Gasteiger partial charge in [-0.1, -0.05) is 30.3 Å². The van der Waals surface area contributed by atoms with Crippen LogP contribution in [-0.4, -0.2) is 44.3 Å². The van der Waals surface area contributed by atoms with E-state index in [4.69, 9.17) is 4.74 Å². The Bertz CT molecular complexity index is 710. The van der Waals surface area contributed by atoms with Crippen molar-refractivity contribution in [1.82, 2.24) is 10.2 Å². The van der Waals surface area contributed by atoms with Gasteiger partial charge in [0.1, 0.15) is 11.6 Å². The molecule has 2 amide bonds. The Morgan fingerprint density at radius 1 is 1.19 bits per heavy atom. The first-order chi connectivity index (χ1) is 12.5. The van der Waals surface area contributed by atoms with Crippen molar-refractivity contribution in [3.8, 4) is 0 Å². The van der Waals surface area contributed by atoms with Crippen LogP contribution in [0.2, 0.25) is 0 Å². The van der Waals surface area contributed by atoms with E-state index in [9.17, 15) is 13.6 Å². The zero-order valence-electron chi connectivity index (χ0n) is 15.0. The number of hydrogen-bond acceptors (Lipinski definition) is 2. The Hall–Kier alpha value is -2.47. The second kappa shape index (κ2) is 9.87. The predicted molar refractivity (Wildman–Crippen MR) is 97.0 cm³/mol. The average Bonchev–Trinajstić information content (AvgIpc) is 2.64. The molecule has 4 nitrogen and oxygen atoms in total. The summed E-state index contributed by atoms with van der Waals surface area (Å²) in [6.07, 6.45) is 0.883. The van der Waals surface area contributed by atoms with Gasteiger partial charge in [-0.3, -0.25) is 0 Å². The minimum Gasteiger partial charge on any atom is -0.383 e. The number of ether oxygens (including phenoxy) is 1. The van der Waals surface area contributed by atoms with Crippen molar-refractivity contribution in [2.45, 2.75) is 18.9 Å². The number of urea groups is 1. The van der Waals surface area contributed by atoms with Crippen molar-refractivity contribution in [2.24, 2.45) is 0 Å². The van der Waals surface area contributed by atoms with E-state index in [1.54, 1.807) is 19.1 Å². The van der Waals surface area contributed by atoms with Gasteiger partial charge in [-0.15, -0.1) is 0 Å². The van der Waals surface area contributed by atoms with Gasteiger partial charge in [0.15, 0.2) is 0 Å². The van der Waals surface area contributed by atoms with E-state index in [2.05, 4.69) is 5.32 Å². The van der Waals surface area contributed by atoms with Crippen molar-refractivity contribution in [2.75, 3.05) is 27.3 Å². The minimum absolute atomic E-state index is 0.131. The molecule has 140 valence electrons. The van der Waals surface area contributed by atoms with Gasteiger partial charge in [-0.25, -0.2) is 13.6 Å². The van der Waals surface area contributed by atoms with Gasteiger partial charge in [-0.2, -0.15) is 0 Å². The summed E-state index contributed by atoms with van der Waals surface area (Å²) in [5.41, 5.74) is 1.35. The Morgan fingerprint density at radius 2 is 1.92 bits per heavy atom. The van der Waals surface area contributed by atoms with Crippen LogP contribution in [0, 0.1) is 11.6 Å². The summed E-state index contributed by atoms with van der Waals surface area (Å²) in [4.78, 5) is 14.0. The second-order valence-electron chi connectivity index (χ2n) is 6.13. The molecule has 0 aromatic heterocycles. The van der Waals surface area contributed by atoms with E-state index in [1.807, 2.05) is 30.3 Å². The van der Waals surface area contributed by atoms with Gasteiger partial charge in [0.2, 0.25) is 0 Å². The number of nitrogens with one attached hydrogen (secondary N) is 1. The highest BCUT2D eigenvalue weighted by Crippen LogP contribution is 2.11. The Morgan fingerprint density at radius 3 is 2.62 bits per heavy atom. The molecule has 0 saturated carbocycles. The average molecular weight is 362 g/mol. The van der Waals surface area contributed by atoms with Crippen molar-refractivity contribution < 1.29 is 18.3 Å². The van der Waals surface area contributed by atoms with Crippen molar-refractivity contribution in [3.05, 3.63) is 71.3 Å². The molecule has 2 aromatic rings. The summed E-state index contributed by atoms with van der Waals surface area (Å²) in [6, 6.07) is 12.7. The molecule has 0 bridgehead atoms. The van der Waals surface area contributed by atoms with E-state index < -0.39 is 11.6 Å². The van der Waals surface area contributed by atoms with E-state index in [0.717, 1.165) is 23.8 Å². The molecule has 1 atom stereocenters. The number of carbonyl (C=O) groups excluding carboxylic acids is 1. The number of hydrogen-bond donors (Lipinski definition) is 1. The highest BCUT2D eigenvalue weighted by Gasteiger charge is 2.20. The number of methoxy groups -OCH3 is 1. The largest absolute Gasteiger partial charge is 0.383 e. The summed E-state index contributed by atoms with van der Waals surface area (Å²) in [5, 5.41) is 2.74. The van der Waals surface area contributed by atoms with Gasteiger partial charge in [-0.05, 0) is 42.2 Å². The number of benzene rings is 2. The Balaban J connectivity index is 1.90. The molecule has 1 N–H and O–H groups in total. The number of carbonyl (C=O) groups is 1. The van der Waals surface area contributed by atoms with Crippen molar-refractivity contribution in [1.29, 1.82) is 0 Å². The molecule has 0 heterocycles. The van der Waals surface area contributed by atoms with Gasteiger partial charge in [0.25, 0.3) is 0 Å². The molecule has 0 aliphatic rings. The molecule has 0 aliphatic carbocycles. The molecule has 0 unspecified atom stereocenters. The van der Waals surface area contributed by atoms with Crippen LogP contribution in [0.4, 0.5) is 13.6 Å². The Labute approximate surface area is 152 Å². The van der Waals surface area contributed by atoms with E-state index in [0.29, 0.717) is 13.0 Å². The van der Waals surface area contributed by atoms with Crippen molar-refractivity contribution in [3.63, 3.8) is 0 Å². The van der Waals surface area contributed by atoms with Gasteiger partial charge >= 0.3 is 6.03 Å². The van der Waals surface area contributed by atoms with E-state index >= 15 is 0 Å². The van der Waals surface area contributed by atoms with Gasteiger partial charge in [0.05, 0.1) is 12.6 Å². The normalized spacial score (nSPS) is 11.8. The number of nitrogens with zero attached hydrogens (tertiary/aromatic N) is 1. The smallest absolute Gasteiger partial charge is 0.317 e. The second-order valence-corrected chi connectivity index (χ2v) is 6.13. The highest BCUT2D eigenvalue weighted by molar-refractivity contribution is 5.74. The summed E-state index contributed by atoms with van der Waals surface area (Å²) in [5.74, 6) is -0.969. The van der Waals surface area contributed by atoms with Crippen molar-refractivity contribution >= 4 is 6.03 Å². The number of rotatable bonds is 8.